The number of halogens is 2. The van der Waals surface area contributed by atoms with E-state index in [9.17, 15) is 13.6 Å². The third-order valence-corrected chi connectivity index (χ3v) is 1.89. The Labute approximate surface area is 86.2 Å². The summed E-state index contributed by atoms with van der Waals surface area (Å²) in [6.45, 7) is 1.44. The summed E-state index contributed by atoms with van der Waals surface area (Å²) in [5.74, 6) is -2.05. The minimum absolute atomic E-state index is 0.192. The van der Waals surface area contributed by atoms with Crippen LogP contribution in [0.25, 0.3) is 5.57 Å². The summed E-state index contributed by atoms with van der Waals surface area (Å²) in [5.41, 5.74) is -0.0136. The number of hydrogen-bond donors (Lipinski definition) is 0. The molecule has 0 bridgehead atoms. The summed E-state index contributed by atoms with van der Waals surface area (Å²) in [6, 6.07) is 3.53. The number of allylic oxidation sites excluding steroid dienone is 1. The standard InChI is InChI=1S/C11H10F2O2/c1-7(6-10(14)15-2)11-8(12)4-3-5-9(11)13/h3-6H,1-2H3/b7-6-. The first-order valence-electron chi connectivity index (χ1n) is 4.27. The van der Waals surface area contributed by atoms with Crippen LogP contribution in [-0.4, -0.2) is 13.1 Å². The third-order valence-electron chi connectivity index (χ3n) is 1.89. The van der Waals surface area contributed by atoms with Gasteiger partial charge in [0.1, 0.15) is 11.6 Å². The van der Waals surface area contributed by atoms with Crippen molar-refractivity contribution in [3.63, 3.8) is 0 Å². The van der Waals surface area contributed by atoms with E-state index in [2.05, 4.69) is 4.74 Å². The fourth-order valence-corrected chi connectivity index (χ4v) is 1.18. The smallest absolute Gasteiger partial charge is 0.330 e. The number of hydrogen-bond acceptors (Lipinski definition) is 2. The molecule has 0 atom stereocenters. The number of esters is 1. The van der Waals surface area contributed by atoms with Crippen molar-refractivity contribution >= 4 is 11.5 Å². The Morgan fingerprint density at radius 3 is 2.33 bits per heavy atom. The van der Waals surface area contributed by atoms with Crippen molar-refractivity contribution in [1.29, 1.82) is 0 Å². The minimum Gasteiger partial charge on any atom is -0.466 e. The van der Waals surface area contributed by atoms with Crippen LogP contribution in [0.3, 0.4) is 0 Å². The maximum absolute atomic E-state index is 13.2. The van der Waals surface area contributed by atoms with Gasteiger partial charge in [-0.15, -0.1) is 0 Å². The molecule has 0 aromatic heterocycles. The number of methoxy groups -OCH3 is 1. The predicted molar refractivity (Wildman–Crippen MR) is 52.0 cm³/mol. The lowest BCUT2D eigenvalue weighted by Gasteiger charge is -2.04. The van der Waals surface area contributed by atoms with E-state index < -0.39 is 17.6 Å². The Balaban J connectivity index is 3.16. The number of ether oxygens (including phenoxy) is 1. The predicted octanol–water partition coefficient (Wildman–Crippen LogP) is 2.54. The second-order valence-electron chi connectivity index (χ2n) is 2.95. The summed E-state index contributed by atoms with van der Waals surface area (Å²) in [5, 5.41) is 0. The molecule has 0 amide bonds. The zero-order chi connectivity index (χ0) is 11.4. The fourth-order valence-electron chi connectivity index (χ4n) is 1.18. The fraction of sp³-hybridized carbons (Fsp3) is 0.182. The molecule has 0 aliphatic rings. The van der Waals surface area contributed by atoms with Crippen molar-refractivity contribution in [3.05, 3.63) is 41.5 Å². The van der Waals surface area contributed by atoms with Gasteiger partial charge < -0.3 is 4.74 Å². The Morgan fingerprint density at radius 2 is 1.87 bits per heavy atom. The second kappa shape index (κ2) is 4.68. The van der Waals surface area contributed by atoms with Gasteiger partial charge >= 0.3 is 5.97 Å². The number of rotatable bonds is 2. The van der Waals surface area contributed by atoms with Crippen LogP contribution in [0.4, 0.5) is 8.78 Å². The van der Waals surface area contributed by atoms with E-state index in [1.807, 2.05) is 0 Å². The number of benzene rings is 1. The van der Waals surface area contributed by atoms with Gasteiger partial charge in [0.2, 0.25) is 0 Å². The van der Waals surface area contributed by atoms with Crippen molar-refractivity contribution < 1.29 is 18.3 Å². The molecule has 0 radical (unpaired) electrons. The summed E-state index contributed by atoms with van der Waals surface area (Å²) in [7, 11) is 1.20. The highest BCUT2D eigenvalue weighted by Crippen LogP contribution is 2.21. The SMILES string of the molecule is COC(=O)/C=C(/C)c1c(F)cccc1F. The van der Waals surface area contributed by atoms with Crippen molar-refractivity contribution in [3.8, 4) is 0 Å². The topological polar surface area (TPSA) is 26.3 Å². The van der Waals surface area contributed by atoms with Gasteiger partial charge in [-0.1, -0.05) is 6.07 Å². The van der Waals surface area contributed by atoms with Gasteiger partial charge in [-0.05, 0) is 24.6 Å². The van der Waals surface area contributed by atoms with Crippen molar-refractivity contribution in [2.24, 2.45) is 0 Å². The van der Waals surface area contributed by atoms with Crippen LogP contribution in [-0.2, 0) is 9.53 Å². The third kappa shape index (κ3) is 2.62. The Morgan fingerprint density at radius 1 is 1.33 bits per heavy atom. The molecule has 0 fully saturated rings. The minimum atomic E-state index is -0.701. The van der Waals surface area contributed by atoms with Gasteiger partial charge in [0.25, 0.3) is 0 Å². The highest BCUT2D eigenvalue weighted by molar-refractivity contribution is 5.90. The van der Waals surface area contributed by atoms with Crippen molar-refractivity contribution in [2.45, 2.75) is 6.92 Å². The van der Waals surface area contributed by atoms with E-state index in [1.54, 1.807) is 0 Å². The van der Waals surface area contributed by atoms with Crippen LogP contribution in [0.15, 0.2) is 24.3 Å². The molecule has 1 aromatic carbocycles. The van der Waals surface area contributed by atoms with Gasteiger partial charge in [0, 0.05) is 11.6 Å². The highest BCUT2D eigenvalue weighted by atomic mass is 19.1. The normalized spacial score (nSPS) is 11.3. The maximum Gasteiger partial charge on any atom is 0.330 e. The summed E-state index contributed by atoms with van der Waals surface area (Å²) in [4.78, 5) is 10.9. The molecule has 1 rings (SSSR count). The number of carbonyl (C=O) groups excluding carboxylic acids is 1. The molecule has 2 nitrogen and oxygen atoms in total. The van der Waals surface area contributed by atoms with Crippen LogP contribution in [0.2, 0.25) is 0 Å². The van der Waals surface area contributed by atoms with Crippen molar-refractivity contribution in [2.75, 3.05) is 7.11 Å². The van der Waals surface area contributed by atoms with E-state index >= 15 is 0 Å². The van der Waals surface area contributed by atoms with Crippen LogP contribution < -0.4 is 0 Å². The lowest BCUT2D eigenvalue weighted by molar-refractivity contribution is -0.134. The quantitative estimate of drug-likeness (QED) is 0.556. The molecule has 0 aliphatic carbocycles. The largest absolute Gasteiger partial charge is 0.466 e. The first-order chi connectivity index (χ1) is 7.06. The molecule has 0 aliphatic heterocycles. The molecule has 80 valence electrons. The van der Waals surface area contributed by atoms with Gasteiger partial charge in [-0.25, -0.2) is 13.6 Å². The van der Waals surface area contributed by atoms with Crippen LogP contribution in [0.5, 0.6) is 0 Å². The van der Waals surface area contributed by atoms with E-state index in [-0.39, 0.29) is 11.1 Å². The Bertz CT molecular complexity index is 391. The van der Waals surface area contributed by atoms with Crippen LogP contribution in [0, 0.1) is 11.6 Å². The molecule has 4 heteroatoms. The summed E-state index contributed by atoms with van der Waals surface area (Å²) in [6.07, 6.45) is 1.04. The second-order valence-corrected chi connectivity index (χ2v) is 2.95. The first kappa shape index (κ1) is 11.4. The first-order valence-corrected chi connectivity index (χ1v) is 4.27. The highest BCUT2D eigenvalue weighted by Gasteiger charge is 2.11. The van der Waals surface area contributed by atoms with Gasteiger partial charge in [-0.2, -0.15) is 0 Å². The maximum atomic E-state index is 13.2. The molecule has 0 saturated heterocycles. The summed E-state index contributed by atoms with van der Waals surface area (Å²) >= 11 is 0. The van der Waals surface area contributed by atoms with Gasteiger partial charge in [0.15, 0.2) is 0 Å². The molecule has 1 aromatic rings. The average Bonchev–Trinajstić information content (AvgIpc) is 2.17. The molecular weight excluding hydrogens is 202 g/mol. The van der Waals surface area contributed by atoms with Crippen molar-refractivity contribution in [1.82, 2.24) is 0 Å². The molecular formula is C11H10F2O2. The Hall–Kier alpha value is -1.71. The zero-order valence-corrected chi connectivity index (χ0v) is 8.38. The van der Waals surface area contributed by atoms with E-state index in [0.717, 1.165) is 18.2 Å². The monoisotopic (exact) mass is 212 g/mol. The summed E-state index contributed by atoms with van der Waals surface area (Å²) < 4.78 is 30.8. The molecule has 0 heterocycles. The van der Waals surface area contributed by atoms with E-state index in [0.29, 0.717) is 0 Å². The molecule has 0 N–H and O–H groups in total. The lowest BCUT2D eigenvalue weighted by Crippen LogP contribution is -1.98. The van der Waals surface area contributed by atoms with Crippen LogP contribution >= 0.6 is 0 Å². The number of carbonyl (C=O) groups is 1. The van der Waals surface area contributed by atoms with E-state index in [1.165, 1.54) is 20.1 Å². The molecule has 0 spiro atoms. The van der Waals surface area contributed by atoms with E-state index in [4.69, 9.17) is 0 Å². The van der Waals surface area contributed by atoms with Crippen LogP contribution in [0.1, 0.15) is 12.5 Å². The molecule has 0 unspecified atom stereocenters. The molecule has 15 heavy (non-hydrogen) atoms. The average molecular weight is 212 g/mol. The lowest BCUT2D eigenvalue weighted by atomic mass is 10.1. The van der Waals surface area contributed by atoms with Gasteiger partial charge in [0.05, 0.1) is 7.11 Å². The Kier molecular flexibility index (Phi) is 3.55. The molecule has 0 saturated carbocycles. The van der Waals surface area contributed by atoms with Gasteiger partial charge in [-0.3, -0.25) is 0 Å². The zero-order valence-electron chi connectivity index (χ0n) is 8.38.